The monoisotopic (exact) mass is 345 g/mol. The summed E-state index contributed by atoms with van der Waals surface area (Å²) in [6, 6.07) is 12.1. The molecule has 0 aliphatic rings. The molecule has 3 nitrogen and oxygen atoms in total. The van der Waals surface area contributed by atoms with E-state index in [0.717, 1.165) is 26.7 Å². The Morgan fingerprint density at radius 3 is 2.90 bits per heavy atom. The minimum Gasteiger partial charge on any atom is -0.316 e. The zero-order valence-corrected chi connectivity index (χ0v) is 13.2. The molecule has 20 heavy (non-hydrogen) atoms. The first-order valence-electron chi connectivity index (χ1n) is 6.12. The molecule has 100 valence electrons. The summed E-state index contributed by atoms with van der Waals surface area (Å²) in [6.45, 7) is 2.04. The largest absolute Gasteiger partial charge is 0.316 e. The van der Waals surface area contributed by atoms with E-state index in [-0.39, 0.29) is 0 Å². The molecule has 0 aliphatic heterocycles. The standard InChI is InChI=1S/C15H12BrN3S/c1-10-5-6-17-14(7-10)19-15-18-13(9-20-15)11-3-2-4-12(16)8-11/h2-9H,1H3,(H,17,18,19). The first kappa shape index (κ1) is 13.3. The third-order valence-electron chi connectivity index (χ3n) is 2.78. The van der Waals surface area contributed by atoms with Crippen LogP contribution in [-0.4, -0.2) is 9.97 Å². The number of aryl methyl sites for hydroxylation is 1. The van der Waals surface area contributed by atoms with E-state index in [0.29, 0.717) is 0 Å². The lowest BCUT2D eigenvalue weighted by atomic mass is 10.2. The Hall–Kier alpha value is -1.72. The van der Waals surface area contributed by atoms with E-state index >= 15 is 0 Å². The molecule has 0 atom stereocenters. The number of anilines is 2. The average Bonchev–Trinajstić information content (AvgIpc) is 2.87. The van der Waals surface area contributed by atoms with Gasteiger partial charge < -0.3 is 5.32 Å². The fraction of sp³-hybridized carbons (Fsp3) is 0.0667. The number of nitrogens with one attached hydrogen (secondary N) is 1. The van der Waals surface area contributed by atoms with Gasteiger partial charge >= 0.3 is 0 Å². The van der Waals surface area contributed by atoms with Crippen molar-refractivity contribution in [3.63, 3.8) is 0 Å². The van der Waals surface area contributed by atoms with Crippen molar-refractivity contribution in [3.05, 3.63) is 58.0 Å². The summed E-state index contributed by atoms with van der Waals surface area (Å²) in [7, 11) is 0. The van der Waals surface area contributed by atoms with Crippen molar-refractivity contribution in [2.45, 2.75) is 6.92 Å². The Morgan fingerprint density at radius 1 is 1.20 bits per heavy atom. The first-order valence-corrected chi connectivity index (χ1v) is 7.79. The highest BCUT2D eigenvalue weighted by Crippen LogP contribution is 2.28. The molecule has 3 aromatic rings. The fourth-order valence-corrected chi connectivity index (χ4v) is 2.95. The molecule has 5 heteroatoms. The molecule has 2 heterocycles. The van der Waals surface area contributed by atoms with Gasteiger partial charge in [0.1, 0.15) is 5.82 Å². The number of halogens is 1. The van der Waals surface area contributed by atoms with Crippen LogP contribution < -0.4 is 5.32 Å². The summed E-state index contributed by atoms with van der Waals surface area (Å²) < 4.78 is 1.05. The topological polar surface area (TPSA) is 37.8 Å². The molecule has 0 aliphatic carbocycles. The summed E-state index contributed by atoms with van der Waals surface area (Å²) in [6.07, 6.45) is 1.79. The lowest BCUT2D eigenvalue weighted by Gasteiger charge is -2.02. The maximum Gasteiger partial charge on any atom is 0.188 e. The van der Waals surface area contributed by atoms with Crippen LogP contribution in [0.2, 0.25) is 0 Å². The van der Waals surface area contributed by atoms with Gasteiger partial charge in [-0.3, -0.25) is 0 Å². The number of hydrogen-bond donors (Lipinski definition) is 1. The normalized spacial score (nSPS) is 10.5. The minimum absolute atomic E-state index is 0.820. The number of benzene rings is 1. The van der Waals surface area contributed by atoms with Gasteiger partial charge in [0, 0.05) is 21.6 Å². The summed E-state index contributed by atoms with van der Waals surface area (Å²) in [5.41, 5.74) is 3.23. The quantitative estimate of drug-likeness (QED) is 0.724. The molecule has 0 fully saturated rings. The van der Waals surface area contributed by atoms with Gasteiger partial charge in [0.15, 0.2) is 5.13 Å². The number of hydrogen-bond acceptors (Lipinski definition) is 4. The van der Waals surface area contributed by atoms with Crippen molar-refractivity contribution in [1.29, 1.82) is 0 Å². The fourth-order valence-electron chi connectivity index (χ4n) is 1.83. The molecule has 0 unspecified atom stereocenters. The molecule has 3 rings (SSSR count). The Kier molecular flexibility index (Phi) is 3.80. The summed E-state index contributed by atoms with van der Waals surface area (Å²) in [5.74, 6) is 0.820. The Labute approximate surface area is 129 Å². The van der Waals surface area contributed by atoms with E-state index in [1.807, 2.05) is 36.6 Å². The molecule has 0 saturated heterocycles. The predicted molar refractivity (Wildman–Crippen MR) is 87.5 cm³/mol. The van der Waals surface area contributed by atoms with Crippen molar-refractivity contribution in [2.75, 3.05) is 5.32 Å². The van der Waals surface area contributed by atoms with Crippen molar-refractivity contribution in [2.24, 2.45) is 0 Å². The van der Waals surface area contributed by atoms with Crippen molar-refractivity contribution >= 4 is 38.2 Å². The third kappa shape index (κ3) is 3.05. The van der Waals surface area contributed by atoms with Crippen LogP contribution in [0.15, 0.2) is 52.4 Å². The van der Waals surface area contributed by atoms with Crippen LogP contribution in [0.4, 0.5) is 10.9 Å². The summed E-state index contributed by atoms with van der Waals surface area (Å²) in [5, 5.41) is 6.12. The van der Waals surface area contributed by atoms with Gasteiger partial charge in [-0.05, 0) is 36.8 Å². The second kappa shape index (κ2) is 5.73. The molecule has 0 amide bonds. The van der Waals surface area contributed by atoms with E-state index < -0.39 is 0 Å². The van der Waals surface area contributed by atoms with E-state index in [1.165, 1.54) is 5.56 Å². The molecule has 1 N–H and O–H groups in total. The summed E-state index contributed by atoms with van der Waals surface area (Å²) >= 11 is 5.05. The SMILES string of the molecule is Cc1ccnc(Nc2nc(-c3cccc(Br)c3)cs2)c1. The Bertz CT molecular complexity index is 739. The number of pyridine rings is 1. The van der Waals surface area contributed by atoms with Crippen LogP contribution in [-0.2, 0) is 0 Å². The van der Waals surface area contributed by atoms with Crippen LogP contribution in [0.25, 0.3) is 11.3 Å². The Balaban J connectivity index is 1.84. The van der Waals surface area contributed by atoms with Crippen LogP contribution in [0.1, 0.15) is 5.56 Å². The smallest absolute Gasteiger partial charge is 0.188 e. The van der Waals surface area contributed by atoms with E-state index in [2.05, 4.69) is 43.3 Å². The second-order valence-corrected chi connectivity index (χ2v) is 6.17. The van der Waals surface area contributed by atoms with Gasteiger partial charge in [-0.25, -0.2) is 9.97 Å². The molecular weight excluding hydrogens is 334 g/mol. The van der Waals surface area contributed by atoms with E-state index in [9.17, 15) is 0 Å². The van der Waals surface area contributed by atoms with Gasteiger partial charge in [-0.15, -0.1) is 11.3 Å². The van der Waals surface area contributed by atoms with Crippen LogP contribution in [0.5, 0.6) is 0 Å². The van der Waals surface area contributed by atoms with Crippen LogP contribution in [0.3, 0.4) is 0 Å². The lowest BCUT2D eigenvalue weighted by molar-refractivity contribution is 1.26. The molecule has 0 bridgehead atoms. The van der Waals surface area contributed by atoms with Crippen molar-refractivity contribution in [3.8, 4) is 11.3 Å². The van der Waals surface area contributed by atoms with E-state index in [4.69, 9.17) is 0 Å². The van der Waals surface area contributed by atoms with Gasteiger partial charge in [0.25, 0.3) is 0 Å². The van der Waals surface area contributed by atoms with Gasteiger partial charge in [0.2, 0.25) is 0 Å². The zero-order chi connectivity index (χ0) is 13.9. The maximum absolute atomic E-state index is 4.59. The van der Waals surface area contributed by atoms with E-state index in [1.54, 1.807) is 17.5 Å². The highest BCUT2D eigenvalue weighted by atomic mass is 79.9. The van der Waals surface area contributed by atoms with Gasteiger partial charge in [-0.2, -0.15) is 0 Å². The predicted octanol–water partition coefficient (Wildman–Crippen LogP) is 5.02. The number of aromatic nitrogens is 2. The van der Waals surface area contributed by atoms with Crippen molar-refractivity contribution < 1.29 is 0 Å². The van der Waals surface area contributed by atoms with Crippen LogP contribution >= 0.6 is 27.3 Å². The van der Waals surface area contributed by atoms with Crippen LogP contribution in [0, 0.1) is 6.92 Å². The minimum atomic E-state index is 0.820. The number of nitrogens with zero attached hydrogens (tertiary/aromatic N) is 2. The average molecular weight is 346 g/mol. The molecule has 0 radical (unpaired) electrons. The third-order valence-corrected chi connectivity index (χ3v) is 4.03. The molecule has 0 saturated carbocycles. The maximum atomic E-state index is 4.59. The molecule has 0 spiro atoms. The number of rotatable bonds is 3. The Morgan fingerprint density at radius 2 is 2.10 bits per heavy atom. The lowest BCUT2D eigenvalue weighted by Crippen LogP contribution is -1.93. The molecule has 1 aromatic carbocycles. The second-order valence-electron chi connectivity index (χ2n) is 4.39. The zero-order valence-electron chi connectivity index (χ0n) is 10.8. The highest BCUT2D eigenvalue weighted by Gasteiger charge is 2.05. The van der Waals surface area contributed by atoms with Crippen molar-refractivity contribution in [1.82, 2.24) is 9.97 Å². The van der Waals surface area contributed by atoms with Gasteiger partial charge in [-0.1, -0.05) is 28.1 Å². The first-order chi connectivity index (χ1) is 9.70. The molecular formula is C15H12BrN3S. The highest BCUT2D eigenvalue weighted by molar-refractivity contribution is 9.10. The summed E-state index contributed by atoms with van der Waals surface area (Å²) in [4.78, 5) is 8.87. The number of thiazole rings is 1. The van der Waals surface area contributed by atoms with Gasteiger partial charge in [0.05, 0.1) is 5.69 Å². The molecule has 2 aromatic heterocycles.